The number of hydrogen-bond acceptors (Lipinski definition) is 6. The minimum absolute atomic E-state index is 0.0417. The van der Waals surface area contributed by atoms with E-state index < -0.39 is 12.4 Å². The van der Waals surface area contributed by atoms with Gasteiger partial charge >= 0.3 is 0 Å². The average molecular weight is 184 g/mol. The minimum atomic E-state index is -1.35. The normalized spacial score (nSPS) is 10.0. The highest BCUT2D eigenvalue weighted by Crippen LogP contribution is 1.79. The van der Waals surface area contributed by atoms with Crippen LogP contribution in [0.4, 0.5) is 0 Å². The Hall–Kier alpha value is -0.240. The van der Waals surface area contributed by atoms with Crippen LogP contribution in [0.5, 0.6) is 0 Å². The van der Waals surface area contributed by atoms with Crippen molar-refractivity contribution in [3.8, 4) is 0 Å². The molecule has 0 saturated heterocycles. The Balaban J connectivity index is 0. The third-order valence-corrected chi connectivity index (χ3v) is 0.809. The molecule has 6 N–H and O–H groups in total. The lowest BCUT2D eigenvalue weighted by molar-refractivity contribution is -0.0537. The van der Waals surface area contributed by atoms with Crippen LogP contribution in [0.1, 0.15) is 6.42 Å². The zero-order valence-corrected chi connectivity index (χ0v) is 6.67. The molecule has 0 spiro atoms. The first-order valence-electron chi connectivity index (χ1n) is 3.45. The highest BCUT2D eigenvalue weighted by molar-refractivity contribution is 4.44. The Morgan fingerprint density at radius 2 is 1.25 bits per heavy atom. The van der Waals surface area contributed by atoms with Gasteiger partial charge in [-0.05, 0) is 0 Å². The summed E-state index contributed by atoms with van der Waals surface area (Å²) in [6.45, 7) is -0.898. The van der Waals surface area contributed by atoms with Crippen molar-refractivity contribution in [2.45, 2.75) is 18.8 Å². The number of aliphatic hydroxyl groups excluding tert-OH is 5. The molecule has 0 rings (SSSR count). The Morgan fingerprint density at radius 1 is 0.833 bits per heavy atom. The molecular formula is C6H16O6. The Kier molecular flexibility index (Phi) is 12.8. The summed E-state index contributed by atoms with van der Waals surface area (Å²) in [6, 6.07) is 0. The molecule has 0 aliphatic carbocycles. The average Bonchev–Trinajstić information content (AvgIpc) is 2.04. The van der Waals surface area contributed by atoms with Crippen molar-refractivity contribution < 1.29 is 30.6 Å². The molecule has 76 valence electrons. The van der Waals surface area contributed by atoms with Crippen molar-refractivity contribution >= 4 is 0 Å². The summed E-state index contributed by atoms with van der Waals surface area (Å²) in [4.78, 5) is 0. The van der Waals surface area contributed by atoms with Gasteiger partial charge in [0.05, 0.1) is 13.2 Å². The van der Waals surface area contributed by atoms with Crippen LogP contribution in [-0.2, 0) is 0 Å². The SMILES string of the molecule is OCC(O)CO.OCCC(O)O. The quantitative estimate of drug-likeness (QED) is 0.259. The summed E-state index contributed by atoms with van der Waals surface area (Å²) in [7, 11) is 0. The molecule has 6 heteroatoms. The van der Waals surface area contributed by atoms with Gasteiger partial charge in [0.15, 0.2) is 6.29 Å². The van der Waals surface area contributed by atoms with Crippen LogP contribution >= 0.6 is 0 Å². The molecule has 0 aliphatic rings. The number of aliphatic hydroxyl groups is 6. The van der Waals surface area contributed by atoms with Gasteiger partial charge in [-0.2, -0.15) is 0 Å². The zero-order chi connectivity index (χ0) is 9.98. The van der Waals surface area contributed by atoms with E-state index in [0.29, 0.717) is 0 Å². The maximum Gasteiger partial charge on any atom is 0.153 e. The second-order valence-corrected chi connectivity index (χ2v) is 2.01. The molecule has 0 atom stereocenters. The molecule has 0 aromatic rings. The second-order valence-electron chi connectivity index (χ2n) is 2.01. The molecule has 12 heavy (non-hydrogen) atoms. The molecule has 0 radical (unpaired) electrons. The standard InChI is InChI=1S/2C3H8O3/c4-1-3(6)2-5;4-2-1-3(5)6/h2*3-6H,1-2H2. The van der Waals surface area contributed by atoms with Crippen LogP contribution in [0.15, 0.2) is 0 Å². The van der Waals surface area contributed by atoms with Gasteiger partial charge in [-0.3, -0.25) is 0 Å². The van der Waals surface area contributed by atoms with Crippen molar-refractivity contribution in [2.75, 3.05) is 19.8 Å². The molecule has 0 heterocycles. The second kappa shape index (κ2) is 10.8. The van der Waals surface area contributed by atoms with Gasteiger partial charge in [-0.1, -0.05) is 0 Å². The first-order chi connectivity index (χ1) is 5.58. The molecule has 0 amide bonds. The summed E-state index contributed by atoms with van der Waals surface area (Å²) in [5.74, 6) is 0. The van der Waals surface area contributed by atoms with Gasteiger partial charge in [-0.25, -0.2) is 0 Å². The topological polar surface area (TPSA) is 121 Å². The van der Waals surface area contributed by atoms with Crippen LogP contribution < -0.4 is 0 Å². The van der Waals surface area contributed by atoms with Crippen molar-refractivity contribution in [3.05, 3.63) is 0 Å². The molecule has 0 aliphatic heterocycles. The zero-order valence-electron chi connectivity index (χ0n) is 6.67. The third-order valence-electron chi connectivity index (χ3n) is 0.809. The summed E-state index contributed by atoms with van der Waals surface area (Å²) >= 11 is 0. The molecule has 6 nitrogen and oxygen atoms in total. The minimum Gasteiger partial charge on any atom is -0.396 e. The fraction of sp³-hybridized carbons (Fsp3) is 1.00. The van der Waals surface area contributed by atoms with E-state index in [1.54, 1.807) is 0 Å². The molecule has 0 fully saturated rings. The summed E-state index contributed by atoms with van der Waals surface area (Å²) < 4.78 is 0. The van der Waals surface area contributed by atoms with Crippen molar-refractivity contribution in [3.63, 3.8) is 0 Å². The van der Waals surface area contributed by atoms with E-state index in [1.807, 2.05) is 0 Å². The third kappa shape index (κ3) is 16.4. The van der Waals surface area contributed by atoms with Gasteiger partial charge in [-0.15, -0.1) is 0 Å². The van der Waals surface area contributed by atoms with E-state index in [0.717, 1.165) is 0 Å². The lowest BCUT2D eigenvalue weighted by Gasteiger charge is -1.96. The monoisotopic (exact) mass is 184 g/mol. The highest BCUT2D eigenvalue weighted by Gasteiger charge is 1.93. The molecule has 0 saturated carbocycles. The van der Waals surface area contributed by atoms with E-state index in [-0.39, 0.29) is 26.2 Å². The predicted octanol–water partition coefficient (Wildman–Crippen LogP) is -2.99. The van der Waals surface area contributed by atoms with Gasteiger partial charge in [0.25, 0.3) is 0 Å². The predicted molar refractivity (Wildman–Crippen MR) is 40.1 cm³/mol. The lowest BCUT2D eigenvalue weighted by atomic mass is 10.4. The van der Waals surface area contributed by atoms with Crippen LogP contribution in [-0.4, -0.2) is 62.9 Å². The molecular weight excluding hydrogens is 168 g/mol. The molecule has 0 aromatic carbocycles. The fourth-order valence-electron chi connectivity index (χ4n) is 0.173. The number of hydrogen-bond donors (Lipinski definition) is 6. The summed E-state index contributed by atoms with van der Waals surface area (Å²) in [6.07, 6.45) is -2.26. The van der Waals surface area contributed by atoms with E-state index in [9.17, 15) is 0 Å². The van der Waals surface area contributed by atoms with Crippen molar-refractivity contribution in [2.24, 2.45) is 0 Å². The van der Waals surface area contributed by atoms with Gasteiger partial charge in [0.2, 0.25) is 0 Å². The van der Waals surface area contributed by atoms with Crippen LogP contribution in [0.2, 0.25) is 0 Å². The molecule has 0 bridgehead atoms. The maximum absolute atomic E-state index is 8.17. The van der Waals surface area contributed by atoms with Gasteiger partial charge < -0.3 is 30.6 Å². The van der Waals surface area contributed by atoms with Crippen molar-refractivity contribution in [1.29, 1.82) is 0 Å². The fourth-order valence-corrected chi connectivity index (χ4v) is 0.173. The first kappa shape index (κ1) is 14.3. The molecule has 0 unspecified atom stereocenters. The van der Waals surface area contributed by atoms with E-state index >= 15 is 0 Å². The first-order valence-corrected chi connectivity index (χ1v) is 3.45. The molecule has 0 aromatic heterocycles. The Morgan fingerprint density at radius 3 is 1.25 bits per heavy atom. The summed E-state index contributed by atoms with van der Waals surface area (Å²) in [5, 5.41) is 47.8. The van der Waals surface area contributed by atoms with E-state index in [1.165, 1.54) is 0 Å². The largest absolute Gasteiger partial charge is 0.396 e. The van der Waals surface area contributed by atoms with Gasteiger partial charge in [0.1, 0.15) is 6.10 Å². The Bertz CT molecular complexity index is 72.4. The van der Waals surface area contributed by atoms with Crippen LogP contribution in [0, 0.1) is 0 Å². The van der Waals surface area contributed by atoms with E-state index in [4.69, 9.17) is 30.6 Å². The smallest absolute Gasteiger partial charge is 0.153 e. The lowest BCUT2D eigenvalue weighted by Crippen LogP contribution is -2.15. The highest BCUT2D eigenvalue weighted by atomic mass is 16.5. The van der Waals surface area contributed by atoms with Crippen LogP contribution in [0.3, 0.4) is 0 Å². The Labute approximate surface area is 70.3 Å². The van der Waals surface area contributed by atoms with Crippen LogP contribution in [0.25, 0.3) is 0 Å². The number of rotatable bonds is 4. The maximum atomic E-state index is 8.17. The van der Waals surface area contributed by atoms with Gasteiger partial charge in [0, 0.05) is 13.0 Å². The van der Waals surface area contributed by atoms with Crippen molar-refractivity contribution in [1.82, 2.24) is 0 Å². The summed E-state index contributed by atoms with van der Waals surface area (Å²) in [5.41, 5.74) is 0. The van der Waals surface area contributed by atoms with E-state index in [2.05, 4.69) is 0 Å².